The van der Waals surface area contributed by atoms with E-state index in [1.165, 1.54) is 12.3 Å². The molecule has 1 amide bonds. The van der Waals surface area contributed by atoms with E-state index < -0.39 is 16.3 Å². The number of anilines is 1. The summed E-state index contributed by atoms with van der Waals surface area (Å²) < 4.78 is 31.7. The Hall–Kier alpha value is -1.35. The quantitative estimate of drug-likeness (QED) is 0.869. The second-order valence-electron chi connectivity index (χ2n) is 2.79. The topological polar surface area (TPSA) is 97.4 Å². The summed E-state index contributed by atoms with van der Waals surface area (Å²) in [6, 6.07) is 3.05. The molecule has 0 fully saturated rings. The summed E-state index contributed by atoms with van der Waals surface area (Å²) in [7, 11) is -4.02. The van der Waals surface area contributed by atoms with Gasteiger partial charge >= 0.3 is 16.3 Å². The minimum atomic E-state index is -4.02. The van der Waals surface area contributed by atoms with E-state index in [9.17, 15) is 13.2 Å². The van der Waals surface area contributed by atoms with Crippen LogP contribution in [0.2, 0.25) is 0 Å². The van der Waals surface area contributed by atoms with Gasteiger partial charge in [0, 0.05) is 10.7 Å². The normalized spacial score (nSPS) is 10.7. The Balaban J connectivity index is 2.66. The Morgan fingerprint density at radius 1 is 1.53 bits per heavy atom. The Kier molecular flexibility index (Phi) is 4.70. The molecule has 1 aromatic rings. The fraction of sp³-hybridized carbons (Fsp3) is 0.250. The predicted molar refractivity (Wildman–Crippen MR) is 64.6 cm³/mol. The molecule has 0 saturated carbocycles. The van der Waals surface area contributed by atoms with E-state index in [4.69, 9.17) is 0 Å². The molecular weight excluding hydrogens is 314 g/mol. The number of rotatable bonds is 4. The third-order valence-electron chi connectivity index (χ3n) is 1.46. The number of ether oxygens (including phenoxy) is 1. The van der Waals surface area contributed by atoms with Crippen molar-refractivity contribution in [3.8, 4) is 0 Å². The van der Waals surface area contributed by atoms with E-state index in [-0.39, 0.29) is 12.4 Å². The van der Waals surface area contributed by atoms with Gasteiger partial charge in [-0.05, 0) is 35.0 Å². The minimum absolute atomic E-state index is 0.0812. The lowest BCUT2D eigenvalue weighted by Crippen LogP contribution is -2.35. The SMILES string of the molecule is CCOC(=O)NS(=O)(=O)Nc1ccc(Br)cn1. The Bertz CT molecular complexity index is 488. The summed E-state index contributed by atoms with van der Waals surface area (Å²) in [5, 5.41) is 0. The molecule has 0 spiro atoms. The van der Waals surface area contributed by atoms with E-state index in [1.54, 1.807) is 17.7 Å². The molecule has 0 bridgehead atoms. The number of hydrogen-bond acceptors (Lipinski definition) is 5. The largest absolute Gasteiger partial charge is 0.449 e. The molecule has 0 saturated heterocycles. The molecule has 0 aromatic carbocycles. The van der Waals surface area contributed by atoms with E-state index in [0.717, 1.165) is 0 Å². The molecule has 0 unspecified atom stereocenters. The van der Waals surface area contributed by atoms with Gasteiger partial charge in [0.25, 0.3) is 0 Å². The maximum absolute atomic E-state index is 11.4. The lowest BCUT2D eigenvalue weighted by atomic mass is 10.5. The maximum atomic E-state index is 11.4. The molecule has 17 heavy (non-hydrogen) atoms. The zero-order chi connectivity index (χ0) is 12.9. The molecule has 1 rings (SSSR count). The zero-order valence-corrected chi connectivity index (χ0v) is 11.2. The first-order valence-electron chi connectivity index (χ1n) is 4.52. The second-order valence-corrected chi connectivity index (χ2v) is 5.12. The van der Waals surface area contributed by atoms with E-state index in [2.05, 4.69) is 30.4 Å². The van der Waals surface area contributed by atoms with Crippen molar-refractivity contribution in [2.45, 2.75) is 6.92 Å². The van der Waals surface area contributed by atoms with Crippen molar-refractivity contribution in [3.05, 3.63) is 22.8 Å². The van der Waals surface area contributed by atoms with E-state index in [1.807, 2.05) is 0 Å². The number of pyridine rings is 1. The van der Waals surface area contributed by atoms with Crippen LogP contribution in [0, 0.1) is 0 Å². The monoisotopic (exact) mass is 323 g/mol. The summed E-state index contributed by atoms with van der Waals surface area (Å²) >= 11 is 3.16. The van der Waals surface area contributed by atoms with Crippen LogP contribution < -0.4 is 9.44 Å². The molecule has 2 N–H and O–H groups in total. The molecule has 0 aliphatic rings. The first kappa shape index (κ1) is 13.7. The van der Waals surface area contributed by atoms with Crippen LogP contribution in [0.25, 0.3) is 0 Å². The summed E-state index contributed by atoms with van der Waals surface area (Å²) in [6.45, 7) is 1.65. The number of carbonyl (C=O) groups excluding carboxylic acids is 1. The van der Waals surface area contributed by atoms with Crippen molar-refractivity contribution < 1.29 is 17.9 Å². The van der Waals surface area contributed by atoms with E-state index >= 15 is 0 Å². The van der Waals surface area contributed by atoms with Crippen LogP contribution >= 0.6 is 15.9 Å². The van der Waals surface area contributed by atoms with Gasteiger partial charge in [-0.15, -0.1) is 0 Å². The van der Waals surface area contributed by atoms with Crippen LogP contribution in [0.4, 0.5) is 10.6 Å². The summed E-state index contributed by atoms with van der Waals surface area (Å²) in [4.78, 5) is 14.7. The van der Waals surface area contributed by atoms with Gasteiger partial charge in [-0.2, -0.15) is 8.42 Å². The van der Waals surface area contributed by atoms with Crippen molar-refractivity contribution in [1.29, 1.82) is 0 Å². The highest BCUT2D eigenvalue weighted by atomic mass is 79.9. The van der Waals surface area contributed by atoms with Crippen molar-refractivity contribution in [1.82, 2.24) is 9.71 Å². The van der Waals surface area contributed by atoms with Gasteiger partial charge in [-0.3, -0.25) is 4.72 Å². The number of hydrogen-bond donors (Lipinski definition) is 2. The van der Waals surface area contributed by atoms with Crippen molar-refractivity contribution in [3.63, 3.8) is 0 Å². The number of nitrogens with one attached hydrogen (secondary N) is 2. The van der Waals surface area contributed by atoms with Crippen LogP contribution in [-0.2, 0) is 14.9 Å². The smallest absolute Gasteiger partial charge is 0.422 e. The van der Waals surface area contributed by atoms with Gasteiger partial charge in [0.05, 0.1) is 6.61 Å². The fourth-order valence-corrected chi connectivity index (χ4v) is 1.83. The fourth-order valence-electron chi connectivity index (χ4n) is 0.870. The molecule has 0 aliphatic heterocycles. The maximum Gasteiger partial charge on any atom is 0.422 e. The Morgan fingerprint density at radius 2 is 2.24 bits per heavy atom. The van der Waals surface area contributed by atoms with Crippen LogP contribution in [-0.4, -0.2) is 26.1 Å². The van der Waals surface area contributed by atoms with Crippen LogP contribution in [0.1, 0.15) is 6.92 Å². The number of amides is 1. The minimum Gasteiger partial charge on any atom is -0.449 e. The van der Waals surface area contributed by atoms with Gasteiger partial charge in [0.1, 0.15) is 5.82 Å². The van der Waals surface area contributed by atoms with Crippen molar-refractivity contribution in [2.75, 3.05) is 11.3 Å². The van der Waals surface area contributed by atoms with Gasteiger partial charge in [-0.1, -0.05) is 0 Å². The highest BCUT2D eigenvalue weighted by molar-refractivity contribution is 9.10. The highest BCUT2D eigenvalue weighted by Crippen LogP contribution is 2.11. The third kappa shape index (κ3) is 5.00. The van der Waals surface area contributed by atoms with E-state index in [0.29, 0.717) is 4.47 Å². The average Bonchev–Trinajstić information content (AvgIpc) is 2.20. The molecule has 94 valence electrons. The highest BCUT2D eigenvalue weighted by Gasteiger charge is 2.15. The first-order valence-corrected chi connectivity index (χ1v) is 6.79. The lowest BCUT2D eigenvalue weighted by molar-refractivity contribution is 0.159. The van der Waals surface area contributed by atoms with Crippen molar-refractivity contribution in [2.24, 2.45) is 0 Å². The number of nitrogens with zero attached hydrogens (tertiary/aromatic N) is 1. The predicted octanol–water partition coefficient (Wildman–Crippen LogP) is 1.25. The van der Waals surface area contributed by atoms with Gasteiger partial charge in [-0.25, -0.2) is 14.5 Å². The second kappa shape index (κ2) is 5.82. The molecule has 9 heteroatoms. The Morgan fingerprint density at radius 3 is 2.76 bits per heavy atom. The third-order valence-corrected chi connectivity index (χ3v) is 2.84. The van der Waals surface area contributed by atoms with Gasteiger partial charge in [0.15, 0.2) is 0 Å². The zero-order valence-electron chi connectivity index (χ0n) is 8.81. The molecule has 0 atom stereocenters. The summed E-state index contributed by atoms with van der Waals surface area (Å²) in [5.41, 5.74) is 0. The molecular formula is C8H10BrN3O4S. The molecule has 0 radical (unpaired) electrons. The molecule has 1 aromatic heterocycles. The lowest BCUT2D eigenvalue weighted by Gasteiger charge is -2.08. The van der Waals surface area contributed by atoms with Crippen LogP contribution in [0.3, 0.4) is 0 Å². The summed E-state index contributed by atoms with van der Waals surface area (Å²) in [5.74, 6) is 0.0880. The summed E-state index contributed by atoms with van der Waals surface area (Å²) in [6.07, 6.45) is 0.375. The molecule has 1 heterocycles. The molecule has 7 nitrogen and oxygen atoms in total. The molecule has 0 aliphatic carbocycles. The van der Waals surface area contributed by atoms with Crippen molar-refractivity contribution >= 4 is 38.1 Å². The average molecular weight is 324 g/mol. The number of aromatic nitrogens is 1. The number of carbonyl (C=O) groups is 1. The number of halogens is 1. The first-order chi connectivity index (χ1) is 7.93. The standard InChI is InChI=1S/C8H10BrN3O4S/c1-2-16-8(13)12-17(14,15)11-7-4-3-6(9)5-10-7/h3-5H,2H2,1H3,(H,10,11)(H,12,13). The van der Waals surface area contributed by atoms with Gasteiger partial charge in [0.2, 0.25) is 0 Å². The Labute approximate surface area is 107 Å². The van der Waals surface area contributed by atoms with Crippen LogP contribution in [0.15, 0.2) is 22.8 Å². The van der Waals surface area contributed by atoms with Gasteiger partial charge < -0.3 is 4.74 Å². The van der Waals surface area contributed by atoms with Crippen LogP contribution in [0.5, 0.6) is 0 Å².